The summed E-state index contributed by atoms with van der Waals surface area (Å²) in [6.45, 7) is -0.619. The van der Waals surface area contributed by atoms with Crippen LogP contribution in [0.1, 0.15) is 6.42 Å². The molecule has 152 valence electrons. The number of hydrogen-bond acceptors (Lipinski definition) is 7. The number of likely N-dealkylation sites (N-methyl/N-ethyl adjacent to an activating group) is 1. The number of rotatable bonds is 8. The van der Waals surface area contributed by atoms with Gasteiger partial charge in [-0.15, -0.1) is 0 Å². The molecule has 3 amide bonds. The molecule has 0 radical (unpaired) electrons. The first-order chi connectivity index (χ1) is 13.4. The molecule has 0 saturated carbocycles. The molecule has 0 bridgehead atoms. The molecule has 0 spiro atoms. The molecule has 1 aliphatic heterocycles. The number of carbonyl (C=O) groups excluding carboxylic acids is 4. The summed E-state index contributed by atoms with van der Waals surface area (Å²) in [5, 5.41) is 4.66. The van der Waals surface area contributed by atoms with Gasteiger partial charge in [-0.1, -0.05) is 0 Å². The third-order valence-corrected chi connectivity index (χ3v) is 4.21. The lowest BCUT2D eigenvalue weighted by Crippen LogP contribution is -2.37. The Hall–Kier alpha value is -3.30. The molecular formula is C18H23N3O7. The number of anilines is 1. The number of carbonyl (C=O) groups is 4. The van der Waals surface area contributed by atoms with E-state index in [9.17, 15) is 19.2 Å². The standard InChI is InChI=1S/C18H23N3O7/c1-19-15(22)8-20-16(23)10-28-18(25)11-6-17(24)21(9-11)13-5-4-12(26-2)7-14(13)27-3/h4-5,7,11H,6,8-10H2,1-3H3,(H,19,22)(H,20,23)/t11-/m1/s1. The fourth-order valence-corrected chi connectivity index (χ4v) is 2.68. The van der Waals surface area contributed by atoms with E-state index in [1.807, 2.05) is 0 Å². The number of ether oxygens (including phenoxy) is 3. The minimum absolute atomic E-state index is 0.0339. The van der Waals surface area contributed by atoms with Crippen molar-refractivity contribution in [2.45, 2.75) is 6.42 Å². The zero-order chi connectivity index (χ0) is 20.7. The molecule has 10 nitrogen and oxygen atoms in total. The minimum Gasteiger partial charge on any atom is -0.497 e. The van der Waals surface area contributed by atoms with Gasteiger partial charge in [-0.2, -0.15) is 0 Å². The van der Waals surface area contributed by atoms with Crippen LogP contribution >= 0.6 is 0 Å². The summed E-state index contributed by atoms with van der Waals surface area (Å²) in [4.78, 5) is 48.7. The predicted octanol–water partition coefficient (Wildman–Crippen LogP) is -0.538. The summed E-state index contributed by atoms with van der Waals surface area (Å²) in [5.74, 6) is -1.57. The van der Waals surface area contributed by atoms with Gasteiger partial charge in [-0.05, 0) is 12.1 Å². The van der Waals surface area contributed by atoms with E-state index in [2.05, 4.69) is 10.6 Å². The number of methoxy groups -OCH3 is 2. The van der Waals surface area contributed by atoms with E-state index >= 15 is 0 Å². The van der Waals surface area contributed by atoms with E-state index in [1.54, 1.807) is 18.2 Å². The molecule has 2 N–H and O–H groups in total. The van der Waals surface area contributed by atoms with Gasteiger partial charge >= 0.3 is 5.97 Å². The second-order valence-corrected chi connectivity index (χ2v) is 6.00. The number of nitrogens with one attached hydrogen (secondary N) is 2. The van der Waals surface area contributed by atoms with Crippen LogP contribution in [0, 0.1) is 5.92 Å². The van der Waals surface area contributed by atoms with Gasteiger partial charge < -0.3 is 29.7 Å². The van der Waals surface area contributed by atoms with Crippen LogP contribution in [0.2, 0.25) is 0 Å². The largest absolute Gasteiger partial charge is 0.497 e. The molecule has 1 aromatic carbocycles. The molecule has 1 aliphatic rings. The molecule has 2 rings (SSSR count). The Labute approximate surface area is 162 Å². The van der Waals surface area contributed by atoms with Crippen LogP contribution in [0.25, 0.3) is 0 Å². The molecule has 1 atom stereocenters. The van der Waals surface area contributed by atoms with Crippen LogP contribution in [0.15, 0.2) is 18.2 Å². The Morgan fingerprint density at radius 2 is 1.93 bits per heavy atom. The molecule has 0 aromatic heterocycles. The average Bonchev–Trinajstić information content (AvgIpc) is 3.10. The Bertz CT molecular complexity index is 766. The first-order valence-electron chi connectivity index (χ1n) is 8.55. The van der Waals surface area contributed by atoms with E-state index in [-0.39, 0.29) is 31.3 Å². The van der Waals surface area contributed by atoms with Crippen LogP contribution in [0.5, 0.6) is 11.5 Å². The SMILES string of the molecule is CNC(=O)CNC(=O)COC(=O)[C@@H]1CC(=O)N(c2ccc(OC)cc2OC)C1. The van der Waals surface area contributed by atoms with Crippen LogP contribution in [-0.2, 0) is 23.9 Å². The molecule has 28 heavy (non-hydrogen) atoms. The lowest BCUT2D eigenvalue weighted by atomic mass is 10.1. The number of esters is 1. The molecule has 0 unspecified atom stereocenters. The quantitative estimate of drug-likeness (QED) is 0.569. The van der Waals surface area contributed by atoms with Gasteiger partial charge in [0.2, 0.25) is 11.8 Å². The maximum atomic E-state index is 12.4. The van der Waals surface area contributed by atoms with Crippen LogP contribution in [0.4, 0.5) is 5.69 Å². The normalized spacial score (nSPS) is 15.8. The van der Waals surface area contributed by atoms with Gasteiger partial charge in [0, 0.05) is 26.1 Å². The number of hydrogen-bond donors (Lipinski definition) is 2. The van der Waals surface area contributed by atoms with Crippen LogP contribution in [-0.4, -0.2) is 64.7 Å². The molecule has 1 fully saturated rings. The van der Waals surface area contributed by atoms with Crippen LogP contribution < -0.4 is 25.0 Å². The Morgan fingerprint density at radius 3 is 2.57 bits per heavy atom. The molecular weight excluding hydrogens is 370 g/mol. The summed E-state index contributed by atoms with van der Waals surface area (Å²) >= 11 is 0. The third kappa shape index (κ3) is 5.12. The highest BCUT2D eigenvalue weighted by atomic mass is 16.5. The fourth-order valence-electron chi connectivity index (χ4n) is 2.68. The van der Waals surface area contributed by atoms with Crippen molar-refractivity contribution in [3.8, 4) is 11.5 Å². The van der Waals surface area contributed by atoms with Gasteiger partial charge in [0.25, 0.3) is 5.91 Å². The Morgan fingerprint density at radius 1 is 1.18 bits per heavy atom. The maximum absolute atomic E-state index is 12.4. The van der Waals surface area contributed by atoms with Crippen molar-refractivity contribution in [3.63, 3.8) is 0 Å². The summed E-state index contributed by atoms with van der Waals surface area (Å²) in [5.41, 5.74) is 0.520. The van der Waals surface area contributed by atoms with E-state index in [0.29, 0.717) is 17.2 Å². The second kappa shape index (κ2) is 9.58. The lowest BCUT2D eigenvalue weighted by molar-refractivity contribution is -0.152. The topological polar surface area (TPSA) is 123 Å². The first kappa shape index (κ1) is 21.0. The smallest absolute Gasteiger partial charge is 0.311 e. The fraction of sp³-hybridized carbons (Fsp3) is 0.444. The Kier molecular flexibility index (Phi) is 7.19. The van der Waals surface area contributed by atoms with Gasteiger partial charge in [0.1, 0.15) is 11.5 Å². The summed E-state index contributed by atoms with van der Waals surface area (Å²) in [6, 6.07) is 5.01. The van der Waals surface area contributed by atoms with E-state index in [0.717, 1.165) is 0 Å². The van der Waals surface area contributed by atoms with Crippen molar-refractivity contribution >= 4 is 29.4 Å². The summed E-state index contributed by atoms with van der Waals surface area (Å²) in [7, 11) is 4.43. The maximum Gasteiger partial charge on any atom is 0.311 e. The van der Waals surface area contributed by atoms with Crippen molar-refractivity contribution in [2.75, 3.05) is 45.9 Å². The minimum atomic E-state index is -0.703. The van der Waals surface area contributed by atoms with Crippen molar-refractivity contribution in [1.82, 2.24) is 10.6 Å². The van der Waals surface area contributed by atoms with E-state index < -0.39 is 24.4 Å². The van der Waals surface area contributed by atoms with Crippen molar-refractivity contribution < 1.29 is 33.4 Å². The number of benzene rings is 1. The van der Waals surface area contributed by atoms with Gasteiger partial charge in [-0.3, -0.25) is 19.2 Å². The zero-order valence-corrected chi connectivity index (χ0v) is 15.9. The van der Waals surface area contributed by atoms with Crippen molar-refractivity contribution in [2.24, 2.45) is 5.92 Å². The van der Waals surface area contributed by atoms with E-state index in [1.165, 1.54) is 26.2 Å². The van der Waals surface area contributed by atoms with Crippen molar-refractivity contribution in [1.29, 1.82) is 0 Å². The van der Waals surface area contributed by atoms with Crippen LogP contribution in [0.3, 0.4) is 0 Å². The third-order valence-electron chi connectivity index (χ3n) is 4.21. The molecule has 1 saturated heterocycles. The molecule has 1 heterocycles. The van der Waals surface area contributed by atoms with Crippen molar-refractivity contribution in [3.05, 3.63) is 18.2 Å². The van der Waals surface area contributed by atoms with Gasteiger partial charge in [0.05, 0.1) is 32.4 Å². The highest BCUT2D eigenvalue weighted by Gasteiger charge is 2.37. The summed E-state index contributed by atoms with van der Waals surface area (Å²) < 4.78 is 15.4. The second-order valence-electron chi connectivity index (χ2n) is 6.00. The van der Waals surface area contributed by atoms with E-state index in [4.69, 9.17) is 14.2 Å². The first-order valence-corrected chi connectivity index (χ1v) is 8.55. The lowest BCUT2D eigenvalue weighted by Gasteiger charge is -2.20. The highest BCUT2D eigenvalue weighted by Crippen LogP contribution is 2.35. The van der Waals surface area contributed by atoms with Gasteiger partial charge in [-0.25, -0.2) is 0 Å². The van der Waals surface area contributed by atoms with Gasteiger partial charge in [0.15, 0.2) is 6.61 Å². The average molecular weight is 393 g/mol. The summed E-state index contributed by atoms with van der Waals surface area (Å²) in [6.07, 6.45) is -0.0339. The predicted molar refractivity (Wildman–Crippen MR) is 98.0 cm³/mol. The monoisotopic (exact) mass is 393 g/mol. The number of amides is 3. The number of nitrogens with zero attached hydrogens (tertiary/aromatic N) is 1. The molecule has 1 aromatic rings. The highest BCUT2D eigenvalue weighted by molar-refractivity contribution is 6.00. The Balaban J connectivity index is 1.94. The molecule has 0 aliphatic carbocycles. The zero-order valence-electron chi connectivity index (χ0n) is 15.9. The molecule has 10 heteroatoms.